The Morgan fingerprint density at radius 1 is 1.03 bits per heavy atom. The molecule has 0 bridgehead atoms. The van der Waals surface area contributed by atoms with Crippen LogP contribution in [0.3, 0.4) is 0 Å². The van der Waals surface area contributed by atoms with Crippen LogP contribution in [0.15, 0.2) is 71.1 Å². The van der Waals surface area contributed by atoms with Gasteiger partial charge in [-0.3, -0.25) is 0 Å². The molecule has 3 unspecified atom stereocenters. The van der Waals surface area contributed by atoms with Crippen LogP contribution in [-0.4, -0.2) is 40.2 Å². The first-order chi connectivity index (χ1) is 17.4. The van der Waals surface area contributed by atoms with E-state index in [1.54, 1.807) is 24.3 Å². The van der Waals surface area contributed by atoms with Crippen molar-refractivity contribution in [2.24, 2.45) is 0 Å². The number of aliphatic hydroxyl groups is 3. The molecule has 0 amide bonds. The number of rotatable bonds is 7. The number of benzene rings is 3. The van der Waals surface area contributed by atoms with Crippen molar-refractivity contribution in [2.75, 3.05) is 6.61 Å². The molecule has 0 saturated carbocycles. The van der Waals surface area contributed by atoms with E-state index in [1.807, 2.05) is 36.4 Å². The van der Waals surface area contributed by atoms with Crippen molar-refractivity contribution in [3.05, 3.63) is 100 Å². The lowest BCUT2D eigenvalue weighted by Gasteiger charge is -2.36. The van der Waals surface area contributed by atoms with E-state index in [9.17, 15) is 19.7 Å². The molecule has 0 spiro atoms. The minimum atomic E-state index is -1.12. The fraction of sp³-hybridized carbons (Fsp3) is 0.286. The predicted molar refractivity (Wildman–Crippen MR) is 133 cm³/mol. The van der Waals surface area contributed by atoms with Crippen molar-refractivity contribution in [1.82, 2.24) is 0 Å². The Kier molecular flexibility index (Phi) is 7.27. The Bertz CT molecular complexity index is 1340. The van der Waals surface area contributed by atoms with Gasteiger partial charge >= 0.3 is 0 Å². The fourth-order valence-corrected chi connectivity index (χ4v) is 4.66. The molecule has 1 aromatic heterocycles. The van der Waals surface area contributed by atoms with Crippen LogP contribution in [0.1, 0.15) is 35.0 Å². The summed E-state index contributed by atoms with van der Waals surface area (Å²) >= 11 is 6.45. The maximum Gasteiger partial charge on any atom is 0.146 e. The van der Waals surface area contributed by atoms with E-state index in [-0.39, 0.29) is 25.5 Å². The summed E-state index contributed by atoms with van der Waals surface area (Å²) < 4.78 is 31.1. The zero-order valence-corrected chi connectivity index (χ0v) is 20.1. The molecule has 5 rings (SSSR count). The minimum absolute atomic E-state index is 0.179. The monoisotopic (exact) mass is 512 g/mol. The molecule has 4 atom stereocenters. The highest BCUT2D eigenvalue weighted by molar-refractivity contribution is 6.31. The quantitative estimate of drug-likeness (QED) is 0.325. The second-order valence-corrected chi connectivity index (χ2v) is 9.37. The molecule has 188 valence electrons. The van der Waals surface area contributed by atoms with Gasteiger partial charge in [-0.1, -0.05) is 41.9 Å². The van der Waals surface area contributed by atoms with Crippen molar-refractivity contribution >= 4 is 22.6 Å². The van der Waals surface area contributed by atoms with Crippen LogP contribution in [0.4, 0.5) is 4.39 Å². The van der Waals surface area contributed by atoms with Crippen molar-refractivity contribution in [3.63, 3.8) is 0 Å². The normalized spacial score (nSPS) is 22.1. The molecule has 6 nitrogen and oxygen atoms in total. The van der Waals surface area contributed by atoms with Crippen molar-refractivity contribution < 1.29 is 33.6 Å². The van der Waals surface area contributed by atoms with Gasteiger partial charge in [-0.05, 0) is 59.5 Å². The summed E-state index contributed by atoms with van der Waals surface area (Å²) in [7, 11) is 0. The number of ether oxygens (including phenoxy) is 2. The van der Waals surface area contributed by atoms with Gasteiger partial charge in [0.2, 0.25) is 0 Å². The summed E-state index contributed by atoms with van der Waals surface area (Å²) in [6.45, 7) is -0.199. The van der Waals surface area contributed by atoms with E-state index >= 15 is 0 Å². The molecule has 36 heavy (non-hydrogen) atoms. The molecule has 1 aliphatic heterocycles. The molecular weight excluding hydrogens is 487 g/mol. The molecule has 2 heterocycles. The van der Waals surface area contributed by atoms with Crippen LogP contribution in [0.25, 0.3) is 11.0 Å². The van der Waals surface area contributed by atoms with Crippen LogP contribution in [0.2, 0.25) is 5.02 Å². The van der Waals surface area contributed by atoms with Gasteiger partial charge in [0.15, 0.2) is 0 Å². The summed E-state index contributed by atoms with van der Waals surface area (Å²) in [5.74, 6) is 0.859. The van der Waals surface area contributed by atoms with E-state index < -0.39 is 24.4 Å². The molecule has 3 aromatic carbocycles. The van der Waals surface area contributed by atoms with Crippen molar-refractivity contribution in [1.29, 1.82) is 0 Å². The zero-order chi connectivity index (χ0) is 25.2. The van der Waals surface area contributed by atoms with Crippen LogP contribution in [-0.2, 0) is 17.8 Å². The van der Waals surface area contributed by atoms with Gasteiger partial charge in [0, 0.05) is 11.4 Å². The molecule has 8 heteroatoms. The third-order valence-electron chi connectivity index (χ3n) is 6.45. The smallest absolute Gasteiger partial charge is 0.146 e. The van der Waals surface area contributed by atoms with Gasteiger partial charge in [-0.25, -0.2) is 4.39 Å². The maximum atomic E-state index is 13.9. The Balaban J connectivity index is 1.24. The van der Waals surface area contributed by atoms with Crippen molar-refractivity contribution in [3.8, 4) is 5.75 Å². The Hall–Kier alpha value is -2.94. The zero-order valence-electron chi connectivity index (χ0n) is 19.3. The number of furan rings is 1. The first-order valence-electron chi connectivity index (χ1n) is 11.7. The lowest BCUT2D eigenvalue weighted by atomic mass is 9.92. The van der Waals surface area contributed by atoms with E-state index in [1.165, 1.54) is 6.07 Å². The number of halogens is 2. The number of aliphatic hydroxyl groups excluding tert-OH is 3. The molecule has 1 fully saturated rings. The summed E-state index contributed by atoms with van der Waals surface area (Å²) in [5.41, 5.74) is 3.21. The SMILES string of the molecule is OCC1OC(c2ccc(Cl)c(Cc3ccc(OCc4cc5c(F)cccc5o4)cc3)c2)CC(O)[C@@H]1O. The van der Waals surface area contributed by atoms with Crippen LogP contribution in [0.5, 0.6) is 5.75 Å². The maximum absolute atomic E-state index is 13.9. The lowest BCUT2D eigenvalue weighted by Crippen LogP contribution is -2.47. The first-order valence-corrected chi connectivity index (χ1v) is 12.1. The van der Waals surface area contributed by atoms with E-state index in [2.05, 4.69) is 0 Å². The molecule has 3 N–H and O–H groups in total. The third-order valence-corrected chi connectivity index (χ3v) is 6.82. The Morgan fingerprint density at radius 2 is 1.83 bits per heavy atom. The summed E-state index contributed by atoms with van der Waals surface area (Å²) in [4.78, 5) is 0. The highest BCUT2D eigenvalue weighted by Crippen LogP contribution is 2.34. The van der Waals surface area contributed by atoms with E-state index in [4.69, 9.17) is 25.5 Å². The third kappa shape index (κ3) is 5.26. The van der Waals surface area contributed by atoms with Crippen LogP contribution in [0, 0.1) is 5.82 Å². The van der Waals surface area contributed by atoms with Gasteiger partial charge < -0.3 is 29.2 Å². The van der Waals surface area contributed by atoms with Crippen LogP contribution >= 0.6 is 11.6 Å². The Labute approximate surface area is 212 Å². The molecule has 1 aliphatic rings. The number of hydrogen-bond acceptors (Lipinski definition) is 6. The first kappa shape index (κ1) is 24.7. The molecular formula is C28H26ClFO6. The second kappa shape index (κ2) is 10.6. The van der Waals surface area contributed by atoms with Gasteiger partial charge in [-0.2, -0.15) is 0 Å². The number of fused-ring (bicyclic) bond motifs is 1. The van der Waals surface area contributed by atoms with Gasteiger partial charge in [0.1, 0.15) is 41.7 Å². The highest BCUT2D eigenvalue weighted by atomic mass is 35.5. The van der Waals surface area contributed by atoms with Crippen molar-refractivity contribution in [2.45, 2.75) is 43.9 Å². The summed E-state index contributed by atoms with van der Waals surface area (Å²) in [6, 6.07) is 19.5. The minimum Gasteiger partial charge on any atom is -0.486 e. The average Bonchev–Trinajstić information content (AvgIpc) is 3.31. The van der Waals surface area contributed by atoms with Gasteiger partial charge in [0.05, 0.1) is 24.2 Å². The van der Waals surface area contributed by atoms with E-state index in [0.717, 1.165) is 16.7 Å². The van der Waals surface area contributed by atoms with Gasteiger partial charge in [0.25, 0.3) is 0 Å². The highest BCUT2D eigenvalue weighted by Gasteiger charge is 2.37. The standard InChI is InChI=1S/C28H26ClFO6/c29-22-9-6-17(26-13-24(32)28(33)27(14-31)36-26)11-18(22)10-16-4-7-19(8-5-16)34-15-20-12-21-23(30)2-1-3-25(21)35-20/h1-9,11-12,24,26-28,31-33H,10,13-15H2/t24?,26?,27?,28-/m0/s1. The fourth-order valence-electron chi connectivity index (χ4n) is 4.48. The van der Waals surface area contributed by atoms with Gasteiger partial charge in [-0.15, -0.1) is 0 Å². The lowest BCUT2D eigenvalue weighted by molar-refractivity contribution is -0.181. The van der Waals surface area contributed by atoms with Crippen LogP contribution < -0.4 is 4.74 Å². The average molecular weight is 513 g/mol. The molecule has 1 saturated heterocycles. The molecule has 0 radical (unpaired) electrons. The molecule has 4 aromatic rings. The molecule has 0 aliphatic carbocycles. The largest absolute Gasteiger partial charge is 0.486 e. The van der Waals surface area contributed by atoms with E-state index in [0.29, 0.717) is 33.9 Å². The number of hydrogen-bond donors (Lipinski definition) is 3. The Morgan fingerprint density at radius 3 is 2.58 bits per heavy atom. The summed E-state index contributed by atoms with van der Waals surface area (Å²) in [6.07, 6.45) is -2.61. The topological polar surface area (TPSA) is 92.3 Å². The second-order valence-electron chi connectivity index (χ2n) is 8.96. The summed E-state index contributed by atoms with van der Waals surface area (Å²) in [5, 5.41) is 30.6. The predicted octanol–water partition coefficient (Wildman–Crippen LogP) is 4.94.